The molecule has 0 amide bonds. The molecule has 3 heteroatoms. The zero-order valence-electron chi connectivity index (χ0n) is 12.5. The molecule has 0 unspecified atom stereocenters. The zero-order valence-corrected chi connectivity index (χ0v) is 12.5. The highest BCUT2D eigenvalue weighted by Crippen LogP contribution is 2.24. The Hall–Kier alpha value is -1.53. The van der Waals surface area contributed by atoms with Crippen LogP contribution in [0.2, 0.25) is 0 Å². The van der Waals surface area contributed by atoms with Crippen molar-refractivity contribution >= 4 is 0 Å². The van der Waals surface area contributed by atoms with Crippen molar-refractivity contribution in [2.75, 3.05) is 7.11 Å². The van der Waals surface area contributed by atoms with Crippen LogP contribution < -0.4 is 4.74 Å². The van der Waals surface area contributed by atoms with Gasteiger partial charge in [-0.3, -0.25) is 0 Å². The highest BCUT2D eigenvalue weighted by atomic mass is 16.5. The summed E-state index contributed by atoms with van der Waals surface area (Å²) in [6, 6.07) is 9.80. The third-order valence-corrected chi connectivity index (χ3v) is 3.57. The number of unbranched alkanes of at least 4 members (excludes halogenated alkanes) is 3. The molecule has 110 valence electrons. The summed E-state index contributed by atoms with van der Waals surface area (Å²) < 4.78 is 5.11. The molecule has 0 aromatic heterocycles. The van der Waals surface area contributed by atoms with Crippen LogP contribution in [0.25, 0.3) is 0 Å². The third-order valence-electron chi connectivity index (χ3n) is 3.57. The second-order valence-corrected chi connectivity index (χ2v) is 5.19. The van der Waals surface area contributed by atoms with Crippen LogP contribution >= 0.6 is 0 Å². The summed E-state index contributed by atoms with van der Waals surface area (Å²) in [7, 11) is 1.62. The lowest BCUT2D eigenvalue weighted by Crippen LogP contribution is -2.11. The first kappa shape index (κ1) is 16.5. The van der Waals surface area contributed by atoms with Gasteiger partial charge < -0.3 is 9.84 Å². The summed E-state index contributed by atoms with van der Waals surface area (Å²) >= 11 is 0. The maximum absolute atomic E-state index is 10.0. The van der Waals surface area contributed by atoms with E-state index < -0.39 is 6.10 Å². The largest absolute Gasteiger partial charge is 0.497 e. The Bertz CT molecular complexity index is 408. The van der Waals surface area contributed by atoms with Gasteiger partial charge in [0.1, 0.15) is 5.75 Å². The minimum atomic E-state index is -0.390. The van der Waals surface area contributed by atoms with Crippen molar-refractivity contribution in [2.45, 2.75) is 57.5 Å². The number of rotatable bonds is 9. The molecular formula is C17H25NO2. The molecule has 0 aliphatic heterocycles. The first-order valence-corrected chi connectivity index (χ1v) is 7.42. The van der Waals surface area contributed by atoms with Crippen molar-refractivity contribution in [2.24, 2.45) is 0 Å². The van der Waals surface area contributed by atoms with E-state index in [1.807, 2.05) is 24.3 Å². The Morgan fingerprint density at radius 2 is 1.90 bits per heavy atom. The highest BCUT2D eigenvalue weighted by Gasteiger charge is 2.16. The first-order valence-electron chi connectivity index (χ1n) is 7.42. The fourth-order valence-corrected chi connectivity index (χ4v) is 2.30. The van der Waals surface area contributed by atoms with Gasteiger partial charge in [-0.1, -0.05) is 44.7 Å². The van der Waals surface area contributed by atoms with Gasteiger partial charge in [0, 0.05) is 0 Å². The van der Waals surface area contributed by atoms with Gasteiger partial charge >= 0.3 is 0 Å². The summed E-state index contributed by atoms with van der Waals surface area (Å²) in [5.41, 5.74) is 0.945. The molecule has 20 heavy (non-hydrogen) atoms. The van der Waals surface area contributed by atoms with E-state index in [0.717, 1.165) is 30.6 Å². The van der Waals surface area contributed by atoms with E-state index >= 15 is 0 Å². The van der Waals surface area contributed by atoms with E-state index in [1.54, 1.807) is 7.11 Å². The van der Waals surface area contributed by atoms with Gasteiger partial charge in [-0.05, 0) is 30.5 Å². The number of nitrogens with zero attached hydrogens (tertiary/aromatic N) is 1. The summed E-state index contributed by atoms with van der Waals surface area (Å²) in [6.45, 7) is 2.17. The predicted molar refractivity (Wildman–Crippen MR) is 80.7 cm³/mol. The van der Waals surface area contributed by atoms with Gasteiger partial charge in [-0.2, -0.15) is 5.26 Å². The molecule has 0 saturated carbocycles. The Morgan fingerprint density at radius 3 is 2.45 bits per heavy atom. The molecule has 3 nitrogen and oxygen atoms in total. The molecule has 0 saturated heterocycles. The van der Waals surface area contributed by atoms with E-state index in [9.17, 15) is 10.4 Å². The molecule has 2 atom stereocenters. The van der Waals surface area contributed by atoms with Gasteiger partial charge in [-0.25, -0.2) is 0 Å². The van der Waals surface area contributed by atoms with Crippen molar-refractivity contribution in [3.63, 3.8) is 0 Å². The number of aliphatic hydroxyl groups is 1. The monoisotopic (exact) mass is 275 g/mol. The lowest BCUT2D eigenvalue weighted by atomic mass is 9.92. The number of nitriles is 1. The van der Waals surface area contributed by atoms with Crippen molar-refractivity contribution in [3.8, 4) is 11.8 Å². The lowest BCUT2D eigenvalue weighted by Gasteiger charge is -2.15. The maximum Gasteiger partial charge on any atom is 0.118 e. The summed E-state index contributed by atoms with van der Waals surface area (Å²) in [4.78, 5) is 0. The zero-order chi connectivity index (χ0) is 14.8. The van der Waals surface area contributed by atoms with Crippen LogP contribution in [-0.4, -0.2) is 18.3 Å². The first-order chi connectivity index (χ1) is 9.71. The van der Waals surface area contributed by atoms with Crippen LogP contribution in [0.15, 0.2) is 24.3 Å². The molecule has 1 aromatic rings. The predicted octanol–water partition coefficient (Wildman–Crippen LogP) is 4.02. The average Bonchev–Trinajstić information content (AvgIpc) is 2.49. The minimum absolute atomic E-state index is 0.248. The quantitative estimate of drug-likeness (QED) is 0.692. The number of benzene rings is 1. The van der Waals surface area contributed by atoms with Gasteiger partial charge in [0.05, 0.1) is 25.2 Å². The smallest absolute Gasteiger partial charge is 0.118 e. The average molecular weight is 275 g/mol. The van der Waals surface area contributed by atoms with Crippen LogP contribution in [0.4, 0.5) is 0 Å². The van der Waals surface area contributed by atoms with Crippen molar-refractivity contribution in [1.29, 1.82) is 5.26 Å². The molecular weight excluding hydrogens is 250 g/mol. The number of methoxy groups -OCH3 is 1. The summed E-state index contributed by atoms with van der Waals surface area (Å²) in [6.07, 6.45) is 5.51. The van der Waals surface area contributed by atoms with Crippen LogP contribution in [0.1, 0.15) is 56.9 Å². The number of aliphatic hydroxyl groups excluding tert-OH is 1. The standard InChI is InChI=1S/C17H25NO2/c1-3-4-5-6-7-16(19)12-15(13-18)14-8-10-17(20-2)11-9-14/h8-11,15-16,19H,3-7,12H2,1-2H3/t15-,16+/m0/s1. The molecule has 0 spiro atoms. The molecule has 0 aliphatic rings. The Balaban J connectivity index is 2.47. The maximum atomic E-state index is 10.0. The number of hydrogen-bond donors (Lipinski definition) is 1. The summed E-state index contributed by atoms with van der Waals surface area (Å²) in [5.74, 6) is 0.535. The summed E-state index contributed by atoms with van der Waals surface area (Å²) in [5, 5.41) is 19.3. The second kappa shape index (κ2) is 9.39. The number of hydrogen-bond acceptors (Lipinski definition) is 3. The van der Waals surface area contributed by atoms with Gasteiger partial charge in [0.2, 0.25) is 0 Å². The Labute approximate surface area is 122 Å². The van der Waals surface area contributed by atoms with Gasteiger partial charge in [-0.15, -0.1) is 0 Å². The van der Waals surface area contributed by atoms with Gasteiger partial charge in [0.25, 0.3) is 0 Å². The molecule has 0 heterocycles. The minimum Gasteiger partial charge on any atom is -0.497 e. The van der Waals surface area contributed by atoms with Crippen LogP contribution in [-0.2, 0) is 0 Å². The van der Waals surface area contributed by atoms with E-state index in [4.69, 9.17) is 4.74 Å². The van der Waals surface area contributed by atoms with E-state index in [1.165, 1.54) is 12.8 Å². The van der Waals surface area contributed by atoms with Crippen LogP contribution in [0.5, 0.6) is 5.75 Å². The van der Waals surface area contributed by atoms with E-state index in [0.29, 0.717) is 6.42 Å². The molecule has 0 fully saturated rings. The molecule has 1 N–H and O–H groups in total. The molecule has 1 rings (SSSR count). The van der Waals surface area contributed by atoms with E-state index in [2.05, 4.69) is 13.0 Å². The van der Waals surface area contributed by atoms with Gasteiger partial charge in [0.15, 0.2) is 0 Å². The molecule has 0 aliphatic carbocycles. The molecule has 0 radical (unpaired) electrons. The third kappa shape index (κ3) is 5.63. The lowest BCUT2D eigenvalue weighted by molar-refractivity contribution is 0.147. The van der Waals surface area contributed by atoms with Crippen LogP contribution in [0.3, 0.4) is 0 Å². The molecule has 1 aromatic carbocycles. The topological polar surface area (TPSA) is 53.2 Å². The number of ether oxygens (including phenoxy) is 1. The highest BCUT2D eigenvalue weighted by molar-refractivity contribution is 5.32. The Kier molecular flexibility index (Phi) is 7.75. The van der Waals surface area contributed by atoms with Crippen molar-refractivity contribution < 1.29 is 9.84 Å². The fourth-order valence-electron chi connectivity index (χ4n) is 2.30. The Morgan fingerprint density at radius 1 is 1.20 bits per heavy atom. The second-order valence-electron chi connectivity index (χ2n) is 5.19. The van der Waals surface area contributed by atoms with Crippen molar-refractivity contribution in [1.82, 2.24) is 0 Å². The molecule has 0 bridgehead atoms. The SMILES string of the molecule is CCCCCC[C@@H](O)C[C@@H](C#N)c1ccc(OC)cc1. The van der Waals surface area contributed by atoms with Crippen LogP contribution in [0, 0.1) is 11.3 Å². The normalized spacial score (nSPS) is 13.5. The van der Waals surface area contributed by atoms with E-state index in [-0.39, 0.29) is 5.92 Å². The van der Waals surface area contributed by atoms with Crippen molar-refractivity contribution in [3.05, 3.63) is 29.8 Å². The fraction of sp³-hybridized carbons (Fsp3) is 0.588.